The van der Waals surface area contributed by atoms with Gasteiger partial charge >= 0.3 is 0 Å². The lowest BCUT2D eigenvalue weighted by atomic mass is 10.0. The van der Waals surface area contributed by atoms with Gasteiger partial charge in [-0.25, -0.2) is 0 Å². The van der Waals surface area contributed by atoms with Crippen LogP contribution >= 0.6 is 0 Å². The predicted molar refractivity (Wildman–Crippen MR) is 58.3 cm³/mol. The van der Waals surface area contributed by atoms with Crippen LogP contribution in [0, 0.1) is 6.92 Å². The van der Waals surface area contributed by atoms with E-state index in [-0.39, 0.29) is 11.9 Å². The van der Waals surface area contributed by atoms with Crippen molar-refractivity contribution in [3.63, 3.8) is 0 Å². The van der Waals surface area contributed by atoms with Crippen molar-refractivity contribution in [3.05, 3.63) is 29.6 Å². The maximum Gasteiger partial charge on any atom is 0.219 e. The van der Waals surface area contributed by atoms with Gasteiger partial charge in [0.2, 0.25) is 5.91 Å². The van der Waals surface area contributed by atoms with Crippen LogP contribution in [0.3, 0.4) is 0 Å². The van der Waals surface area contributed by atoms with E-state index in [1.165, 1.54) is 11.1 Å². The second-order valence-corrected chi connectivity index (χ2v) is 4.10. The van der Waals surface area contributed by atoms with Crippen molar-refractivity contribution in [1.82, 2.24) is 9.88 Å². The zero-order valence-electron chi connectivity index (χ0n) is 9.23. The summed E-state index contributed by atoms with van der Waals surface area (Å²) in [5, 5.41) is 0. The molecule has 80 valence electrons. The van der Waals surface area contributed by atoms with Crippen molar-refractivity contribution in [2.24, 2.45) is 0 Å². The van der Waals surface area contributed by atoms with E-state index < -0.39 is 0 Å². The lowest BCUT2D eigenvalue weighted by molar-refractivity contribution is -0.129. The zero-order valence-corrected chi connectivity index (χ0v) is 9.23. The Morgan fingerprint density at radius 1 is 1.60 bits per heavy atom. The topological polar surface area (TPSA) is 33.2 Å². The highest BCUT2D eigenvalue weighted by Gasteiger charge is 2.28. The lowest BCUT2D eigenvalue weighted by Gasteiger charge is -2.24. The van der Waals surface area contributed by atoms with Crippen molar-refractivity contribution < 1.29 is 4.79 Å². The molecule has 0 radical (unpaired) electrons. The molecule has 0 aliphatic carbocycles. The van der Waals surface area contributed by atoms with Gasteiger partial charge in [-0.3, -0.25) is 9.78 Å². The maximum absolute atomic E-state index is 11.4. The number of likely N-dealkylation sites (tertiary alicyclic amines) is 1. The molecule has 1 amide bonds. The molecular formula is C12H16N2O. The first-order valence-electron chi connectivity index (χ1n) is 5.38. The molecule has 1 atom stereocenters. The largest absolute Gasteiger partial charge is 0.336 e. The summed E-state index contributed by atoms with van der Waals surface area (Å²) in [7, 11) is 0. The Labute approximate surface area is 90.1 Å². The third-order valence-electron chi connectivity index (χ3n) is 3.10. The number of aromatic nitrogens is 1. The van der Waals surface area contributed by atoms with E-state index in [1.807, 2.05) is 17.2 Å². The molecule has 1 aliphatic rings. The van der Waals surface area contributed by atoms with Gasteiger partial charge in [0.15, 0.2) is 0 Å². The molecule has 1 aliphatic heterocycles. The van der Waals surface area contributed by atoms with Crippen LogP contribution in [0.15, 0.2) is 18.5 Å². The highest BCUT2D eigenvalue weighted by atomic mass is 16.2. The molecule has 0 unspecified atom stereocenters. The summed E-state index contributed by atoms with van der Waals surface area (Å²) in [5.41, 5.74) is 2.42. The van der Waals surface area contributed by atoms with Crippen LogP contribution in [-0.2, 0) is 4.79 Å². The number of carbonyl (C=O) groups is 1. The van der Waals surface area contributed by atoms with Crippen LogP contribution in [0.1, 0.15) is 36.9 Å². The molecule has 1 saturated heterocycles. The molecule has 0 N–H and O–H groups in total. The third kappa shape index (κ3) is 1.87. The number of carbonyl (C=O) groups excluding carboxylic acids is 1. The van der Waals surface area contributed by atoms with E-state index in [1.54, 1.807) is 13.1 Å². The first kappa shape index (κ1) is 10.1. The van der Waals surface area contributed by atoms with Crippen molar-refractivity contribution in [1.29, 1.82) is 0 Å². The maximum atomic E-state index is 11.4. The van der Waals surface area contributed by atoms with Gasteiger partial charge in [-0.15, -0.1) is 0 Å². The molecular weight excluding hydrogens is 188 g/mol. The van der Waals surface area contributed by atoms with Gasteiger partial charge in [0.1, 0.15) is 0 Å². The fraction of sp³-hybridized carbons (Fsp3) is 0.500. The van der Waals surface area contributed by atoms with Gasteiger partial charge in [0.05, 0.1) is 6.04 Å². The van der Waals surface area contributed by atoms with Crippen molar-refractivity contribution in [2.45, 2.75) is 32.7 Å². The molecule has 1 aromatic heterocycles. The summed E-state index contributed by atoms with van der Waals surface area (Å²) >= 11 is 0. The normalized spacial score (nSPS) is 20.7. The summed E-state index contributed by atoms with van der Waals surface area (Å²) in [4.78, 5) is 17.5. The number of hydrogen-bond donors (Lipinski definition) is 0. The van der Waals surface area contributed by atoms with Crippen LogP contribution in [0.5, 0.6) is 0 Å². The molecule has 0 bridgehead atoms. The Hall–Kier alpha value is -1.38. The molecule has 2 rings (SSSR count). The Bertz CT molecular complexity index is 376. The fourth-order valence-corrected chi connectivity index (χ4v) is 2.29. The van der Waals surface area contributed by atoms with E-state index in [4.69, 9.17) is 0 Å². The average Bonchev–Trinajstić information content (AvgIpc) is 2.67. The van der Waals surface area contributed by atoms with Crippen molar-refractivity contribution in [3.8, 4) is 0 Å². The van der Waals surface area contributed by atoms with E-state index in [9.17, 15) is 4.79 Å². The van der Waals surface area contributed by atoms with E-state index >= 15 is 0 Å². The predicted octanol–water partition coefficient (Wildman–Crippen LogP) is 2.07. The SMILES string of the molecule is CC(=O)N1CCC[C@H]1c1cnccc1C. The van der Waals surface area contributed by atoms with Crippen molar-refractivity contribution in [2.75, 3.05) is 6.54 Å². The summed E-state index contributed by atoms with van der Waals surface area (Å²) in [6, 6.07) is 2.25. The molecule has 15 heavy (non-hydrogen) atoms. The minimum absolute atomic E-state index is 0.167. The van der Waals surface area contributed by atoms with Crippen LogP contribution in [-0.4, -0.2) is 22.3 Å². The number of rotatable bonds is 1. The quantitative estimate of drug-likeness (QED) is 0.701. The Morgan fingerprint density at radius 2 is 2.40 bits per heavy atom. The highest BCUT2D eigenvalue weighted by molar-refractivity contribution is 5.74. The molecule has 0 aromatic carbocycles. The molecule has 3 heteroatoms. The van der Waals surface area contributed by atoms with Gasteiger partial charge in [-0.05, 0) is 37.0 Å². The molecule has 1 aromatic rings. The summed E-state index contributed by atoms with van der Waals surface area (Å²) in [6.45, 7) is 4.60. The minimum atomic E-state index is 0.167. The minimum Gasteiger partial charge on any atom is -0.336 e. The summed E-state index contributed by atoms with van der Waals surface area (Å²) in [5.74, 6) is 0.167. The number of pyridine rings is 1. The second kappa shape index (κ2) is 4.01. The molecule has 2 heterocycles. The first-order valence-corrected chi connectivity index (χ1v) is 5.38. The van der Waals surface area contributed by atoms with Gasteiger partial charge in [-0.2, -0.15) is 0 Å². The Morgan fingerprint density at radius 3 is 3.07 bits per heavy atom. The molecule has 0 spiro atoms. The number of amides is 1. The van der Waals surface area contributed by atoms with Crippen LogP contribution in [0.2, 0.25) is 0 Å². The van der Waals surface area contributed by atoms with Crippen LogP contribution < -0.4 is 0 Å². The van der Waals surface area contributed by atoms with Crippen molar-refractivity contribution >= 4 is 5.91 Å². The molecule has 1 fully saturated rings. The number of hydrogen-bond acceptors (Lipinski definition) is 2. The standard InChI is InChI=1S/C12H16N2O/c1-9-5-6-13-8-11(9)12-4-3-7-14(12)10(2)15/h5-6,8,12H,3-4,7H2,1-2H3/t12-/m0/s1. The Kier molecular flexibility index (Phi) is 2.71. The third-order valence-corrected chi connectivity index (χ3v) is 3.10. The number of nitrogens with zero attached hydrogens (tertiary/aromatic N) is 2. The van der Waals surface area contributed by atoms with Gasteiger partial charge in [0.25, 0.3) is 0 Å². The molecule has 3 nitrogen and oxygen atoms in total. The van der Waals surface area contributed by atoms with Crippen LogP contribution in [0.25, 0.3) is 0 Å². The van der Waals surface area contributed by atoms with E-state index in [0.717, 1.165) is 19.4 Å². The second-order valence-electron chi connectivity index (χ2n) is 4.10. The summed E-state index contributed by atoms with van der Waals surface area (Å²) in [6.07, 6.45) is 5.85. The smallest absolute Gasteiger partial charge is 0.219 e. The van der Waals surface area contributed by atoms with Crippen LogP contribution in [0.4, 0.5) is 0 Å². The first-order chi connectivity index (χ1) is 7.20. The van der Waals surface area contributed by atoms with Gasteiger partial charge < -0.3 is 4.90 Å². The van der Waals surface area contributed by atoms with E-state index in [2.05, 4.69) is 11.9 Å². The zero-order chi connectivity index (χ0) is 10.8. The number of aryl methyl sites for hydroxylation is 1. The van der Waals surface area contributed by atoms with Gasteiger partial charge in [-0.1, -0.05) is 0 Å². The summed E-state index contributed by atoms with van der Waals surface area (Å²) < 4.78 is 0. The fourth-order valence-electron chi connectivity index (χ4n) is 2.29. The molecule has 0 saturated carbocycles. The van der Waals surface area contributed by atoms with Gasteiger partial charge in [0, 0.05) is 25.9 Å². The highest BCUT2D eigenvalue weighted by Crippen LogP contribution is 2.32. The van der Waals surface area contributed by atoms with E-state index in [0.29, 0.717) is 0 Å². The monoisotopic (exact) mass is 204 g/mol. The lowest BCUT2D eigenvalue weighted by Crippen LogP contribution is -2.28. The Balaban J connectivity index is 2.30. The average molecular weight is 204 g/mol.